The van der Waals surface area contributed by atoms with Crippen molar-refractivity contribution in [3.05, 3.63) is 60.2 Å². The molecular weight excluding hydrogens is 400 g/mol. The van der Waals surface area contributed by atoms with Crippen LogP contribution in [0.5, 0.6) is 5.75 Å². The van der Waals surface area contributed by atoms with E-state index >= 15 is 0 Å². The van der Waals surface area contributed by atoms with Crippen LogP contribution in [0.25, 0.3) is 0 Å². The Bertz CT molecular complexity index is 858. The minimum Gasteiger partial charge on any atom is -0.497 e. The number of hydroxylamine groups is 1. The quantitative estimate of drug-likeness (QED) is 0.449. The highest BCUT2D eigenvalue weighted by Crippen LogP contribution is 2.25. The fourth-order valence-corrected chi connectivity index (χ4v) is 4.78. The molecule has 0 fully saturated rings. The molecule has 9 heteroatoms. The van der Waals surface area contributed by atoms with Gasteiger partial charge in [0.05, 0.1) is 12.0 Å². The van der Waals surface area contributed by atoms with Crippen LogP contribution in [-0.4, -0.2) is 49.0 Å². The second-order valence-corrected chi connectivity index (χ2v) is 8.86. The number of nitrogens with zero attached hydrogens (tertiary/aromatic N) is 1. The number of ether oxygens (including phenoxy) is 1. The summed E-state index contributed by atoms with van der Waals surface area (Å²) in [6, 6.07) is 13.9. The third kappa shape index (κ3) is 5.48. The molecule has 152 valence electrons. The maximum absolute atomic E-state index is 13.4. The molecule has 0 bridgehead atoms. The molecule has 2 N–H and O–H groups in total. The first-order valence-electron chi connectivity index (χ1n) is 8.56. The predicted octanol–water partition coefficient (Wildman–Crippen LogP) is 2.51. The Morgan fingerprint density at radius 3 is 2.36 bits per heavy atom. The maximum Gasteiger partial charge on any atom is 0.261 e. The molecule has 0 aromatic heterocycles. The number of amides is 1. The predicted molar refractivity (Wildman–Crippen MR) is 109 cm³/mol. The van der Waals surface area contributed by atoms with Gasteiger partial charge in [-0.15, -0.1) is 0 Å². The largest absolute Gasteiger partial charge is 0.497 e. The topological polar surface area (TPSA) is 95.9 Å². The summed E-state index contributed by atoms with van der Waals surface area (Å²) in [5.41, 5.74) is 2.34. The van der Waals surface area contributed by atoms with E-state index in [0.29, 0.717) is 11.5 Å². The number of nitrogens with one attached hydrogen (secondary N) is 1. The number of carbonyl (C=O) groups excluding carboxylic acids is 1. The summed E-state index contributed by atoms with van der Waals surface area (Å²) >= 11 is 1.49. The van der Waals surface area contributed by atoms with E-state index in [2.05, 4.69) is 0 Å². The summed E-state index contributed by atoms with van der Waals surface area (Å²) < 4.78 is 33.0. The highest BCUT2D eigenvalue weighted by Gasteiger charge is 2.35. The van der Waals surface area contributed by atoms with Gasteiger partial charge >= 0.3 is 0 Å². The fourth-order valence-electron chi connectivity index (χ4n) is 2.72. The van der Waals surface area contributed by atoms with Crippen molar-refractivity contribution in [1.29, 1.82) is 0 Å². The van der Waals surface area contributed by atoms with Crippen molar-refractivity contribution in [3.8, 4) is 5.75 Å². The zero-order chi connectivity index (χ0) is 20.6. The molecule has 7 nitrogen and oxygen atoms in total. The van der Waals surface area contributed by atoms with Crippen LogP contribution in [0, 0.1) is 0 Å². The Labute approximate surface area is 169 Å². The van der Waals surface area contributed by atoms with Gasteiger partial charge in [-0.2, -0.15) is 16.1 Å². The van der Waals surface area contributed by atoms with Crippen LogP contribution >= 0.6 is 11.8 Å². The summed E-state index contributed by atoms with van der Waals surface area (Å²) in [5, 5.41) is 9.18. The van der Waals surface area contributed by atoms with Gasteiger partial charge < -0.3 is 4.74 Å². The van der Waals surface area contributed by atoms with Crippen LogP contribution in [0.3, 0.4) is 0 Å². The van der Waals surface area contributed by atoms with Crippen LogP contribution in [0.15, 0.2) is 59.5 Å². The van der Waals surface area contributed by atoms with Crippen LogP contribution < -0.4 is 10.2 Å². The first kappa shape index (κ1) is 22.2. The number of hydrogen-bond donors (Lipinski definition) is 2. The van der Waals surface area contributed by atoms with Gasteiger partial charge in [0.25, 0.3) is 5.91 Å². The Morgan fingerprint density at radius 1 is 1.18 bits per heavy atom. The molecular formula is C19H24N2O5S2. The summed E-state index contributed by atoms with van der Waals surface area (Å²) in [5.74, 6) is 0.323. The van der Waals surface area contributed by atoms with E-state index in [4.69, 9.17) is 4.74 Å². The number of thioether (sulfide) groups is 1. The van der Waals surface area contributed by atoms with Gasteiger partial charge in [0.2, 0.25) is 10.0 Å². The normalized spacial score (nSPS) is 12.6. The molecule has 1 atom stereocenters. The Balaban J connectivity index is 2.48. The van der Waals surface area contributed by atoms with Crippen LogP contribution in [0.2, 0.25) is 0 Å². The van der Waals surface area contributed by atoms with E-state index in [9.17, 15) is 18.4 Å². The lowest BCUT2D eigenvalue weighted by Gasteiger charge is -2.29. The monoisotopic (exact) mass is 424 g/mol. The highest BCUT2D eigenvalue weighted by atomic mass is 32.2. The van der Waals surface area contributed by atoms with Crippen molar-refractivity contribution in [2.45, 2.75) is 23.9 Å². The second-order valence-electron chi connectivity index (χ2n) is 5.98. The van der Waals surface area contributed by atoms with Crippen molar-refractivity contribution in [2.24, 2.45) is 0 Å². The average molecular weight is 425 g/mol. The van der Waals surface area contributed by atoms with Gasteiger partial charge in [-0.1, -0.05) is 30.3 Å². The number of carbonyl (C=O) groups is 1. The summed E-state index contributed by atoms with van der Waals surface area (Å²) in [7, 11) is -2.52. The van der Waals surface area contributed by atoms with Crippen LogP contribution in [0.1, 0.15) is 12.0 Å². The smallest absolute Gasteiger partial charge is 0.261 e. The second kappa shape index (κ2) is 10.5. The van der Waals surface area contributed by atoms with Gasteiger partial charge in [-0.25, -0.2) is 13.9 Å². The lowest BCUT2D eigenvalue weighted by Crippen LogP contribution is -2.48. The Hall–Kier alpha value is -2.07. The van der Waals surface area contributed by atoms with Crippen molar-refractivity contribution in [3.63, 3.8) is 0 Å². The van der Waals surface area contributed by atoms with Crippen molar-refractivity contribution >= 4 is 27.7 Å². The Morgan fingerprint density at radius 2 is 1.82 bits per heavy atom. The molecule has 0 heterocycles. The van der Waals surface area contributed by atoms with Crippen LogP contribution in [0.4, 0.5) is 0 Å². The van der Waals surface area contributed by atoms with E-state index < -0.39 is 22.0 Å². The summed E-state index contributed by atoms with van der Waals surface area (Å²) in [4.78, 5) is 12.4. The zero-order valence-corrected chi connectivity index (χ0v) is 17.4. The molecule has 2 aromatic rings. The highest BCUT2D eigenvalue weighted by molar-refractivity contribution is 7.98. The molecule has 0 aliphatic heterocycles. The minimum atomic E-state index is -4.01. The van der Waals surface area contributed by atoms with Gasteiger partial charge in [0.15, 0.2) is 0 Å². The lowest BCUT2D eigenvalue weighted by molar-refractivity contribution is -0.133. The summed E-state index contributed by atoms with van der Waals surface area (Å²) in [6.07, 6.45) is 2.13. The number of rotatable bonds is 10. The first-order valence-corrected chi connectivity index (χ1v) is 11.4. The van der Waals surface area contributed by atoms with E-state index in [1.165, 1.54) is 31.0 Å². The molecule has 2 aromatic carbocycles. The van der Waals surface area contributed by atoms with Gasteiger partial charge in [0, 0.05) is 6.54 Å². The average Bonchev–Trinajstić information content (AvgIpc) is 2.73. The number of hydrogen-bond acceptors (Lipinski definition) is 6. The van der Waals surface area contributed by atoms with E-state index in [1.54, 1.807) is 41.9 Å². The van der Waals surface area contributed by atoms with Crippen molar-refractivity contribution < 1.29 is 23.2 Å². The number of benzene rings is 2. The minimum absolute atomic E-state index is 0.00166. The van der Waals surface area contributed by atoms with Crippen molar-refractivity contribution in [2.75, 3.05) is 19.1 Å². The molecule has 0 saturated heterocycles. The maximum atomic E-state index is 13.4. The molecule has 0 aliphatic carbocycles. The zero-order valence-electron chi connectivity index (χ0n) is 15.7. The molecule has 1 amide bonds. The fraction of sp³-hybridized carbons (Fsp3) is 0.316. The Kier molecular flexibility index (Phi) is 8.31. The van der Waals surface area contributed by atoms with E-state index in [0.717, 1.165) is 9.87 Å². The molecule has 0 aliphatic rings. The SMILES string of the molecule is COc1ccc(S(=O)(=O)N(Cc2ccccc2)[C@H](CCSC)C(=O)NO)cc1. The number of methoxy groups -OCH3 is 1. The number of sulfonamides is 1. The summed E-state index contributed by atoms with van der Waals surface area (Å²) in [6.45, 7) is 0.00166. The van der Waals surface area contributed by atoms with E-state index in [-0.39, 0.29) is 17.9 Å². The molecule has 0 spiro atoms. The molecule has 2 rings (SSSR count). The van der Waals surface area contributed by atoms with Gasteiger partial charge in [0.1, 0.15) is 11.8 Å². The van der Waals surface area contributed by atoms with Crippen LogP contribution in [-0.2, 0) is 21.4 Å². The third-order valence-corrected chi connectivity index (χ3v) is 6.72. The molecule has 28 heavy (non-hydrogen) atoms. The molecule has 0 saturated carbocycles. The van der Waals surface area contributed by atoms with Gasteiger partial charge in [-0.3, -0.25) is 10.0 Å². The van der Waals surface area contributed by atoms with Crippen molar-refractivity contribution in [1.82, 2.24) is 9.79 Å². The lowest BCUT2D eigenvalue weighted by atomic mass is 10.1. The van der Waals surface area contributed by atoms with Gasteiger partial charge in [-0.05, 0) is 48.3 Å². The molecule has 0 radical (unpaired) electrons. The molecule has 0 unspecified atom stereocenters. The third-order valence-electron chi connectivity index (χ3n) is 4.20. The van der Waals surface area contributed by atoms with E-state index in [1.807, 2.05) is 12.3 Å². The standard InChI is InChI=1S/C19H24N2O5S2/c1-26-16-8-10-17(11-9-16)28(24,25)21(14-15-6-4-3-5-7-15)18(12-13-27-2)19(22)20-23/h3-11,18,23H,12-14H2,1-2H3,(H,20,22)/t18-/m1/s1. The first-order chi connectivity index (χ1) is 13.4.